The minimum Gasteiger partial charge on any atom is -0.495 e. The van der Waals surface area contributed by atoms with Crippen LogP contribution in [0.15, 0.2) is 23.1 Å². The maximum atomic E-state index is 12.1. The number of methoxy groups -OCH3 is 2. The van der Waals surface area contributed by atoms with Crippen LogP contribution in [-0.2, 0) is 19.6 Å². The third-order valence-electron chi connectivity index (χ3n) is 2.36. The summed E-state index contributed by atoms with van der Waals surface area (Å²) >= 11 is 0. The van der Waals surface area contributed by atoms with Crippen LogP contribution in [0.25, 0.3) is 0 Å². The molecule has 8 heteroatoms. The highest BCUT2D eigenvalue weighted by Crippen LogP contribution is 2.25. The summed E-state index contributed by atoms with van der Waals surface area (Å²) in [4.78, 5) is 11.1. The van der Waals surface area contributed by atoms with E-state index in [1.807, 2.05) is 0 Å². The number of sulfonamides is 1. The monoisotopic (exact) mass is 288 g/mol. The molecule has 1 unspecified atom stereocenters. The van der Waals surface area contributed by atoms with Gasteiger partial charge >= 0.3 is 5.97 Å². The molecule has 0 radical (unpaired) electrons. The van der Waals surface area contributed by atoms with E-state index in [9.17, 15) is 13.2 Å². The smallest absolute Gasteiger partial charge is 0.323 e. The summed E-state index contributed by atoms with van der Waals surface area (Å²) < 4.78 is 35.8. The Morgan fingerprint density at radius 1 is 1.37 bits per heavy atom. The molecule has 0 spiro atoms. The van der Waals surface area contributed by atoms with Crippen molar-refractivity contribution in [3.63, 3.8) is 0 Å². The van der Waals surface area contributed by atoms with Crippen LogP contribution in [0.1, 0.15) is 6.92 Å². The summed E-state index contributed by atoms with van der Waals surface area (Å²) in [6, 6.07) is 3.12. The predicted octanol–water partition coefficient (Wildman–Crippen LogP) is 0.117. The van der Waals surface area contributed by atoms with Gasteiger partial charge in [0, 0.05) is 11.8 Å². The van der Waals surface area contributed by atoms with E-state index >= 15 is 0 Å². The zero-order valence-electron chi connectivity index (χ0n) is 10.8. The summed E-state index contributed by atoms with van der Waals surface area (Å²) in [5, 5.41) is 0. The minimum atomic E-state index is -3.91. The molecule has 3 N–H and O–H groups in total. The quantitative estimate of drug-likeness (QED) is 0.588. The van der Waals surface area contributed by atoms with Crippen LogP contribution < -0.4 is 15.2 Å². The molecule has 1 aromatic rings. The van der Waals surface area contributed by atoms with E-state index in [0.717, 1.165) is 0 Å². The van der Waals surface area contributed by atoms with Crippen molar-refractivity contribution in [2.45, 2.75) is 17.9 Å². The number of carbonyl (C=O) groups excluding carboxylic acids is 1. The van der Waals surface area contributed by atoms with Gasteiger partial charge in [0.2, 0.25) is 10.0 Å². The van der Waals surface area contributed by atoms with Crippen molar-refractivity contribution in [1.82, 2.24) is 4.72 Å². The SMILES string of the molecule is COC(=O)C(C)NS(=O)(=O)c1ccc(N)cc1OC. The second-order valence-electron chi connectivity index (χ2n) is 3.78. The summed E-state index contributed by atoms with van der Waals surface area (Å²) in [6.45, 7) is 1.38. The van der Waals surface area contributed by atoms with Crippen molar-refractivity contribution in [3.8, 4) is 5.75 Å². The molecule has 0 saturated carbocycles. The van der Waals surface area contributed by atoms with E-state index in [0.29, 0.717) is 5.69 Å². The molecular formula is C11H16N2O5S. The zero-order valence-corrected chi connectivity index (χ0v) is 11.7. The number of ether oxygens (including phenoxy) is 2. The molecule has 0 aliphatic rings. The highest BCUT2D eigenvalue weighted by molar-refractivity contribution is 7.89. The van der Waals surface area contributed by atoms with Gasteiger partial charge in [-0.1, -0.05) is 0 Å². The van der Waals surface area contributed by atoms with Crippen LogP contribution in [0.3, 0.4) is 0 Å². The first-order chi connectivity index (χ1) is 8.81. The Balaban J connectivity index is 3.10. The minimum absolute atomic E-state index is 0.0973. The number of benzene rings is 1. The number of hydrogen-bond donors (Lipinski definition) is 2. The van der Waals surface area contributed by atoms with Crippen LogP contribution in [0, 0.1) is 0 Å². The summed E-state index contributed by atoms with van der Waals surface area (Å²) in [7, 11) is -1.40. The largest absolute Gasteiger partial charge is 0.495 e. The van der Waals surface area contributed by atoms with E-state index in [1.54, 1.807) is 0 Å². The lowest BCUT2D eigenvalue weighted by atomic mass is 10.3. The summed E-state index contributed by atoms with van der Waals surface area (Å²) in [5.41, 5.74) is 5.92. The second-order valence-corrected chi connectivity index (χ2v) is 5.46. The third-order valence-corrected chi connectivity index (χ3v) is 3.94. The number of esters is 1. The Bertz CT molecular complexity index is 570. The van der Waals surface area contributed by atoms with Gasteiger partial charge in [-0.05, 0) is 19.1 Å². The first-order valence-corrected chi connectivity index (χ1v) is 6.84. The normalized spacial score (nSPS) is 12.8. The van der Waals surface area contributed by atoms with Crippen LogP contribution in [-0.4, -0.2) is 34.6 Å². The highest BCUT2D eigenvalue weighted by Gasteiger charge is 2.25. The zero-order chi connectivity index (χ0) is 14.6. The molecule has 0 aliphatic carbocycles. The summed E-state index contributed by atoms with van der Waals surface area (Å²) in [6.07, 6.45) is 0. The van der Waals surface area contributed by atoms with Crippen molar-refractivity contribution >= 4 is 21.7 Å². The molecule has 7 nitrogen and oxygen atoms in total. The maximum Gasteiger partial charge on any atom is 0.323 e. The number of carbonyl (C=O) groups is 1. The topological polar surface area (TPSA) is 108 Å². The van der Waals surface area contributed by atoms with E-state index in [2.05, 4.69) is 9.46 Å². The molecule has 0 amide bonds. The Morgan fingerprint density at radius 2 is 2.00 bits per heavy atom. The average molecular weight is 288 g/mol. The van der Waals surface area contributed by atoms with E-state index < -0.39 is 22.0 Å². The fraction of sp³-hybridized carbons (Fsp3) is 0.364. The van der Waals surface area contributed by atoms with Crippen molar-refractivity contribution in [1.29, 1.82) is 0 Å². The first kappa shape index (κ1) is 15.3. The van der Waals surface area contributed by atoms with Gasteiger partial charge in [-0.25, -0.2) is 8.42 Å². The van der Waals surface area contributed by atoms with Crippen molar-refractivity contribution in [3.05, 3.63) is 18.2 Å². The first-order valence-electron chi connectivity index (χ1n) is 5.35. The number of anilines is 1. The van der Waals surface area contributed by atoms with E-state index in [-0.39, 0.29) is 10.6 Å². The van der Waals surface area contributed by atoms with Crippen LogP contribution in [0.5, 0.6) is 5.75 Å². The van der Waals surface area contributed by atoms with Crippen LogP contribution in [0.4, 0.5) is 5.69 Å². The van der Waals surface area contributed by atoms with Crippen molar-refractivity contribution in [2.24, 2.45) is 0 Å². The van der Waals surface area contributed by atoms with Gasteiger partial charge in [0.05, 0.1) is 14.2 Å². The third kappa shape index (κ3) is 3.58. The molecule has 0 bridgehead atoms. The second kappa shape index (κ2) is 5.89. The molecule has 1 aromatic carbocycles. The van der Waals surface area contributed by atoms with Gasteiger partial charge < -0.3 is 15.2 Å². The van der Waals surface area contributed by atoms with E-state index in [1.165, 1.54) is 39.3 Å². The number of rotatable bonds is 5. The lowest BCUT2D eigenvalue weighted by Gasteiger charge is -2.14. The van der Waals surface area contributed by atoms with Crippen LogP contribution in [0.2, 0.25) is 0 Å². The van der Waals surface area contributed by atoms with Gasteiger partial charge in [-0.3, -0.25) is 4.79 Å². The molecule has 0 saturated heterocycles. The number of hydrogen-bond acceptors (Lipinski definition) is 6. The number of nitrogen functional groups attached to an aromatic ring is 1. The van der Waals surface area contributed by atoms with Gasteiger partial charge in [0.25, 0.3) is 0 Å². The number of nitrogens with two attached hydrogens (primary N) is 1. The molecule has 1 rings (SSSR count). The fourth-order valence-electron chi connectivity index (χ4n) is 1.43. The molecule has 1 atom stereocenters. The fourth-order valence-corrected chi connectivity index (χ4v) is 2.77. The van der Waals surface area contributed by atoms with Crippen molar-refractivity contribution < 1.29 is 22.7 Å². The highest BCUT2D eigenvalue weighted by atomic mass is 32.2. The molecule has 0 aromatic heterocycles. The molecule has 19 heavy (non-hydrogen) atoms. The Kier molecular flexibility index (Phi) is 4.73. The van der Waals surface area contributed by atoms with Gasteiger partial charge in [0.1, 0.15) is 16.7 Å². The maximum absolute atomic E-state index is 12.1. The van der Waals surface area contributed by atoms with Gasteiger partial charge in [-0.15, -0.1) is 0 Å². The molecular weight excluding hydrogens is 272 g/mol. The Morgan fingerprint density at radius 3 is 2.53 bits per heavy atom. The van der Waals surface area contributed by atoms with Crippen molar-refractivity contribution in [2.75, 3.05) is 20.0 Å². The van der Waals surface area contributed by atoms with E-state index in [4.69, 9.17) is 10.5 Å². The van der Waals surface area contributed by atoms with Gasteiger partial charge in [-0.2, -0.15) is 4.72 Å². The molecule has 106 valence electrons. The molecule has 0 heterocycles. The lowest BCUT2D eigenvalue weighted by Crippen LogP contribution is -2.39. The Labute approximate surface area is 111 Å². The van der Waals surface area contributed by atoms with Crippen LogP contribution >= 0.6 is 0 Å². The molecule has 0 fully saturated rings. The lowest BCUT2D eigenvalue weighted by molar-refractivity contribution is -0.142. The Hall–Kier alpha value is -1.80. The summed E-state index contributed by atoms with van der Waals surface area (Å²) in [5.74, 6) is -0.581. The van der Waals surface area contributed by atoms with Gasteiger partial charge in [0.15, 0.2) is 0 Å². The standard InChI is InChI=1S/C11H16N2O5S/c1-7(11(14)18-3)13-19(15,16)10-5-4-8(12)6-9(10)17-2/h4-7,13H,12H2,1-3H3. The average Bonchev–Trinajstić information content (AvgIpc) is 2.36. The molecule has 0 aliphatic heterocycles. The number of nitrogens with one attached hydrogen (secondary N) is 1. The predicted molar refractivity (Wildman–Crippen MR) is 69.2 cm³/mol.